The van der Waals surface area contributed by atoms with E-state index in [9.17, 15) is 14.5 Å². The molecule has 0 saturated heterocycles. The molecule has 4 nitrogen and oxygen atoms in total. The first kappa shape index (κ1) is 14.4. The number of hydrogen-bond acceptors (Lipinski definition) is 4. The van der Waals surface area contributed by atoms with Gasteiger partial charge in [0, 0.05) is 21.3 Å². The van der Waals surface area contributed by atoms with Crippen molar-refractivity contribution in [2.24, 2.45) is 0 Å². The molecular formula is C11H7Br2FN2O2S. The largest absolute Gasteiger partial charge is 0.375 e. The molecule has 100 valence electrons. The maximum absolute atomic E-state index is 13.3. The monoisotopic (exact) mass is 408 g/mol. The maximum atomic E-state index is 13.3. The fourth-order valence-electron chi connectivity index (χ4n) is 1.46. The molecule has 1 aromatic carbocycles. The van der Waals surface area contributed by atoms with Crippen LogP contribution in [0.5, 0.6) is 0 Å². The van der Waals surface area contributed by atoms with E-state index in [-0.39, 0.29) is 15.8 Å². The van der Waals surface area contributed by atoms with Crippen LogP contribution in [0.15, 0.2) is 32.5 Å². The first-order chi connectivity index (χ1) is 8.97. The standard InChI is InChI=1S/C11H7Br2FN2O2S/c12-6-1-7(19-5-6)4-15-10-2-8(13)9(14)3-11(10)16(17)18/h1-3,5,15H,4H2. The summed E-state index contributed by atoms with van der Waals surface area (Å²) in [5.74, 6) is -0.656. The van der Waals surface area contributed by atoms with Gasteiger partial charge >= 0.3 is 0 Å². The number of halogens is 3. The van der Waals surface area contributed by atoms with E-state index in [4.69, 9.17) is 0 Å². The Morgan fingerprint density at radius 3 is 2.68 bits per heavy atom. The van der Waals surface area contributed by atoms with Crippen LogP contribution in [0.2, 0.25) is 0 Å². The minimum atomic E-state index is -0.656. The van der Waals surface area contributed by atoms with Crippen LogP contribution in [0.4, 0.5) is 15.8 Å². The van der Waals surface area contributed by atoms with Crippen molar-refractivity contribution >= 4 is 54.6 Å². The van der Waals surface area contributed by atoms with Crippen LogP contribution in [-0.4, -0.2) is 4.92 Å². The van der Waals surface area contributed by atoms with Crippen molar-refractivity contribution in [2.45, 2.75) is 6.54 Å². The second-order valence-electron chi connectivity index (χ2n) is 3.63. The zero-order chi connectivity index (χ0) is 14.0. The maximum Gasteiger partial charge on any atom is 0.295 e. The van der Waals surface area contributed by atoms with E-state index in [0.717, 1.165) is 15.4 Å². The van der Waals surface area contributed by atoms with Crippen LogP contribution >= 0.6 is 43.2 Å². The van der Waals surface area contributed by atoms with Gasteiger partial charge in [-0.2, -0.15) is 0 Å². The Morgan fingerprint density at radius 2 is 2.11 bits per heavy atom. The summed E-state index contributed by atoms with van der Waals surface area (Å²) in [6.45, 7) is 0.440. The van der Waals surface area contributed by atoms with Crippen molar-refractivity contribution in [1.82, 2.24) is 0 Å². The molecule has 0 fully saturated rings. The quantitative estimate of drug-likeness (QED) is 0.575. The molecule has 1 heterocycles. The molecule has 0 aliphatic heterocycles. The van der Waals surface area contributed by atoms with E-state index in [1.54, 1.807) is 0 Å². The minimum Gasteiger partial charge on any atom is -0.375 e. The molecule has 2 aromatic rings. The van der Waals surface area contributed by atoms with Crippen LogP contribution in [-0.2, 0) is 6.54 Å². The average molecular weight is 410 g/mol. The van der Waals surface area contributed by atoms with Crippen molar-refractivity contribution in [3.8, 4) is 0 Å². The van der Waals surface area contributed by atoms with Gasteiger partial charge in [-0.05, 0) is 44.0 Å². The molecule has 8 heteroatoms. The lowest BCUT2D eigenvalue weighted by atomic mass is 10.2. The van der Waals surface area contributed by atoms with Crippen LogP contribution in [0.3, 0.4) is 0 Å². The van der Waals surface area contributed by atoms with E-state index in [0.29, 0.717) is 6.54 Å². The third-order valence-corrected chi connectivity index (χ3v) is 4.62. The predicted octanol–water partition coefficient (Wildman–Crippen LogP) is 4.93. The van der Waals surface area contributed by atoms with Crippen molar-refractivity contribution in [3.05, 3.63) is 53.3 Å². The molecule has 0 unspecified atom stereocenters. The summed E-state index contributed by atoms with van der Waals surface area (Å²) in [4.78, 5) is 11.3. The molecule has 0 bridgehead atoms. The van der Waals surface area contributed by atoms with Gasteiger partial charge in [0.05, 0.1) is 15.5 Å². The van der Waals surface area contributed by atoms with Crippen LogP contribution in [0.25, 0.3) is 0 Å². The van der Waals surface area contributed by atoms with Crippen molar-refractivity contribution in [2.75, 3.05) is 5.32 Å². The summed E-state index contributed by atoms with van der Waals surface area (Å²) in [6.07, 6.45) is 0. The third-order valence-electron chi connectivity index (χ3n) is 2.31. The lowest BCUT2D eigenvalue weighted by Gasteiger charge is -2.07. The highest BCUT2D eigenvalue weighted by atomic mass is 79.9. The second-order valence-corrected chi connectivity index (χ2v) is 6.39. The summed E-state index contributed by atoms with van der Waals surface area (Å²) in [6, 6.07) is 4.19. The predicted molar refractivity (Wildman–Crippen MR) is 80.1 cm³/mol. The van der Waals surface area contributed by atoms with Gasteiger partial charge in [0.1, 0.15) is 11.5 Å². The smallest absolute Gasteiger partial charge is 0.295 e. The number of thiophene rings is 1. The molecule has 0 amide bonds. The van der Waals surface area contributed by atoms with Gasteiger partial charge in [-0.3, -0.25) is 10.1 Å². The van der Waals surface area contributed by atoms with Gasteiger partial charge in [0.2, 0.25) is 0 Å². The normalized spacial score (nSPS) is 10.5. The number of anilines is 1. The first-order valence-electron chi connectivity index (χ1n) is 5.07. The van der Waals surface area contributed by atoms with Gasteiger partial charge in [0.25, 0.3) is 5.69 Å². The van der Waals surface area contributed by atoms with E-state index in [1.165, 1.54) is 17.4 Å². The summed E-state index contributed by atoms with van der Waals surface area (Å²) in [5.41, 5.74) is -0.000815. The Balaban J connectivity index is 2.23. The van der Waals surface area contributed by atoms with Crippen molar-refractivity contribution < 1.29 is 9.31 Å². The number of benzene rings is 1. The lowest BCUT2D eigenvalue weighted by Crippen LogP contribution is -2.02. The Bertz CT molecular complexity index is 633. The molecule has 0 saturated carbocycles. The number of nitrogens with one attached hydrogen (secondary N) is 1. The molecule has 1 aromatic heterocycles. The first-order valence-corrected chi connectivity index (χ1v) is 7.54. The second kappa shape index (κ2) is 5.98. The molecule has 0 radical (unpaired) electrons. The molecule has 1 N–H and O–H groups in total. The zero-order valence-corrected chi connectivity index (χ0v) is 13.3. The zero-order valence-electron chi connectivity index (χ0n) is 9.32. The van der Waals surface area contributed by atoms with Crippen LogP contribution in [0, 0.1) is 15.9 Å². The lowest BCUT2D eigenvalue weighted by molar-refractivity contribution is -0.384. The molecular weight excluding hydrogens is 403 g/mol. The van der Waals surface area contributed by atoms with Gasteiger partial charge in [-0.1, -0.05) is 0 Å². The van der Waals surface area contributed by atoms with Crippen LogP contribution < -0.4 is 5.32 Å². The molecule has 2 rings (SSSR count). The third kappa shape index (κ3) is 3.52. The summed E-state index contributed by atoms with van der Waals surface area (Å²) in [7, 11) is 0. The van der Waals surface area contributed by atoms with Gasteiger partial charge < -0.3 is 5.32 Å². The van der Waals surface area contributed by atoms with E-state index in [2.05, 4.69) is 37.2 Å². The van der Waals surface area contributed by atoms with Gasteiger partial charge in [-0.25, -0.2) is 4.39 Å². The molecule has 0 spiro atoms. The Kier molecular flexibility index (Phi) is 4.54. The Hall–Kier alpha value is -0.990. The summed E-state index contributed by atoms with van der Waals surface area (Å²) in [5, 5.41) is 15.7. The number of nitrogens with zero attached hydrogens (tertiary/aromatic N) is 1. The highest BCUT2D eigenvalue weighted by Crippen LogP contribution is 2.31. The molecule has 19 heavy (non-hydrogen) atoms. The average Bonchev–Trinajstić information content (AvgIpc) is 2.76. The molecule has 0 aliphatic carbocycles. The van der Waals surface area contributed by atoms with Gasteiger partial charge in [0.15, 0.2) is 0 Å². The van der Waals surface area contributed by atoms with E-state index in [1.807, 2.05) is 11.4 Å². The summed E-state index contributed by atoms with van der Waals surface area (Å²) >= 11 is 7.88. The summed E-state index contributed by atoms with van der Waals surface area (Å²) < 4.78 is 14.5. The number of hydrogen-bond donors (Lipinski definition) is 1. The molecule has 0 aliphatic rings. The van der Waals surface area contributed by atoms with E-state index < -0.39 is 10.7 Å². The highest BCUT2D eigenvalue weighted by Gasteiger charge is 2.17. The minimum absolute atomic E-state index is 0.188. The Labute approximate surface area is 129 Å². The topological polar surface area (TPSA) is 55.2 Å². The highest BCUT2D eigenvalue weighted by molar-refractivity contribution is 9.10. The van der Waals surface area contributed by atoms with Crippen molar-refractivity contribution in [3.63, 3.8) is 0 Å². The number of rotatable bonds is 4. The fraction of sp³-hybridized carbons (Fsp3) is 0.0909. The van der Waals surface area contributed by atoms with Gasteiger partial charge in [-0.15, -0.1) is 11.3 Å². The van der Waals surface area contributed by atoms with E-state index >= 15 is 0 Å². The van der Waals surface area contributed by atoms with Crippen molar-refractivity contribution in [1.29, 1.82) is 0 Å². The number of nitro benzene ring substituents is 1. The Morgan fingerprint density at radius 1 is 1.37 bits per heavy atom. The fourth-order valence-corrected chi connectivity index (χ4v) is 3.19. The van der Waals surface area contributed by atoms with Crippen LogP contribution in [0.1, 0.15) is 4.88 Å². The SMILES string of the molecule is O=[N+]([O-])c1cc(F)c(Br)cc1NCc1cc(Br)cs1. The molecule has 0 atom stereocenters. The number of nitro groups is 1.